The molecule has 0 amide bonds. The molecule has 0 aliphatic carbocycles. The largest absolute Gasteiger partial charge is 0.350 e. The van der Waals surface area contributed by atoms with E-state index in [1.54, 1.807) is 0 Å². The molecule has 1 aromatic rings. The second-order valence-electron chi connectivity index (χ2n) is 4.60. The molecule has 0 radical (unpaired) electrons. The summed E-state index contributed by atoms with van der Waals surface area (Å²) in [5.74, 6) is 0.0870. The van der Waals surface area contributed by atoms with E-state index < -0.39 is 0 Å². The number of Topliss-reactive ketones (excluding diaryl/α,β-unsaturated/α-hetero) is 1. The van der Waals surface area contributed by atoms with Crippen LogP contribution in [0.15, 0.2) is 24.3 Å². The van der Waals surface area contributed by atoms with Crippen molar-refractivity contribution in [3.63, 3.8) is 0 Å². The SMILES string of the molecule is CCCCc1ccc(C(=O)CC2OCCO2)cc1. The molecule has 0 spiro atoms. The highest BCUT2D eigenvalue weighted by Gasteiger charge is 2.20. The predicted octanol–water partition coefficient (Wildman–Crippen LogP) is 2.97. The lowest BCUT2D eigenvalue weighted by atomic mass is 10.0. The van der Waals surface area contributed by atoms with Crippen molar-refractivity contribution in [3.8, 4) is 0 Å². The highest BCUT2D eigenvalue weighted by Crippen LogP contribution is 2.14. The molecule has 0 unspecified atom stereocenters. The highest BCUT2D eigenvalue weighted by atomic mass is 16.7. The molecule has 1 saturated heterocycles. The standard InChI is InChI=1S/C15H20O3/c1-2-3-4-12-5-7-13(8-6-12)14(16)11-15-17-9-10-18-15/h5-8,15H,2-4,9-11H2,1H3. The zero-order valence-electron chi connectivity index (χ0n) is 10.9. The third-order valence-corrected chi connectivity index (χ3v) is 3.14. The molecule has 1 fully saturated rings. The fourth-order valence-corrected chi connectivity index (χ4v) is 2.03. The van der Waals surface area contributed by atoms with Gasteiger partial charge in [-0.15, -0.1) is 0 Å². The number of hydrogen-bond acceptors (Lipinski definition) is 3. The molecule has 0 N–H and O–H groups in total. The van der Waals surface area contributed by atoms with Gasteiger partial charge in [0.05, 0.1) is 19.6 Å². The first-order valence-electron chi connectivity index (χ1n) is 6.65. The van der Waals surface area contributed by atoms with Gasteiger partial charge < -0.3 is 9.47 Å². The van der Waals surface area contributed by atoms with Crippen LogP contribution in [0.5, 0.6) is 0 Å². The maximum atomic E-state index is 12.0. The predicted molar refractivity (Wildman–Crippen MR) is 69.7 cm³/mol. The van der Waals surface area contributed by atoms with Crippen LogP contribution < -0.4 is 0 Å². The summed E-state index contributed by atoms with van der Waals surface area (Å²) in [6, 6.07) is 7.89. The third-order valence-electron chi connectivity index (χ3n) is 3.14. The Labute approximate surface area is 108 Å². The van der Waals surface area contributed by atoms with Gasteiger partial charge in [-0.25, -0.2) is 0 Å². The lowest BCUT2D eigenvalue weighted by Crippen LogP contribution is -2.14. The Bertz CT molecular complexity index is 377. The van der Waals surface area contributed by atoms with Crippen molar-refractivity contribution >= 4 is 5.78 Å². The van der Waals surface area contributed by atoms with Crippen LogP contribution in [0.1, 0.15) is 42.1 Å². The number of hydrogen-bond donors (Lipinski definition) is 0. The van der Waals surface area contributed by atoms with Crippen molar-refractivity contribution in [3.05, 3.63) is 35.4 Å². The van der Waals surface area contributed by atoms with E-state index in [0.29, 0.717) is 19.6 Å². The van der Waals surface area contributed by atoms with Crippen LogP contribution in [0, 0.1) is 0 Å². The van der Waals surface area contributed by atoms with Crippen LogP contribution in [0.2, 0.25) is 0 Å². The monoisotopic (exact) mass is 248 g/mol. The normalized spacial score (nSPS) is 16.1. The second-order valence-corrected chi connectivity index (χ2v) is 4.60. The molecule has 2 rings (SSSR count). The second kappa shape index (κ2) is 6.66. The zero-order chi connectivity index (χ0) is 12.8. The number of carbonyl (C=O) groups excluding carboxylic acids is 1. The van der Waals surface area contributed by atoms with E-state index in [9.17, 15) is 4.79 Å². The summed E-state index contributed by atoms with van der Waals surface area (Å²) in [7, 11) is 0. The first kappa shape index (κ1) is 13.2. The summed E-state index contributed by atoms with van der Waals surface area (Å²) in [5.41, 5.74) is 2.04. The van der Waals surface area contributed by atoms with E-state index in [2.05, 4.69) is 6.92 Å². The van der Waals surface area contributed by atoms with Gasteiger partial charge in [0.25, 0.3) is 0 Å². The Balaban J connectivity index is 1.89. The van der Waals surface area contributed by atoms with Crippen molar-refractivity contribution < 1.29 is 14.3 Å². The minimum absolute atomic E-state index is 0.0870. The average molecular weight is 248 g/mol. The van der Waals surface area contributed by atoms with Gasteiger partial charge in [-0.2, -0.15) is 0 Å². The minimum atomic E-state index is -0.350. The van der Waals surface area contributed by atoms with E-state index in [-0.39, 0.29) is 12.1 Å². The van der Waals surface area contributed by atoms with Crippen LogP contribution in [0.25, 0.3) is 0 Å². The lowest BCUT2D eigenvalue weighted by Gasteiger charge is -2.08. The molecule has 1 aromatic carbocycles. The van der Waals surface area contributed by atoms with Crippen molar-refractivity contribution in [2.75, 3.05) is 13.2 Å². The molecular formula is C15H20O3. The summed E-state index contributed by atoms with van der Waals surface area (Å²) in [5, 5.41) is 0. The van der Waals surface area contributed by atoms with Crippen LogP contribution >= 0.6 is 0 Å². The smallest absolute Gasteiger partial charge is 0.167 e. The van der Waals surface area contributed by atoms with Crippen molar-refractivity contribution in [2.24, 2.45) is 0 Å². The van der Waals surface area contributed by atoms with E-state index >= 15 is 0 Å². The van der Waals surface area contributed by atoms with Gasteiger partial charge >= 0.3 is 0 Å². The maximum Gasteiger partial charge on any atom is 0.167 e. The molecule has 3 heteroatoms. The molecule has 0 saturated carbocycles. The number of rotatable bonds is 6. The Morgan fingerprint density at radius 2 is 1.89 bits per heavy atom. The number of ketones is 1. The van der Waals surface area contributed by atoms with Gasteiger partial charge in [0.2, 0.25) is 0 Å². The molecule has 1 aliphatic rings. The van der Waals surface area contributed by atoms with Crippen molar-refractivity contribution in [2.45, 2.75) is 38.9 Å². The van der Waals surface area contributed by atoms with Crippen LogP contribution in [0.4, 0.5) is 0 Å². The summed E-state index contributed by atoms with van der Waals surface area (Å²) in [4.78, 5) is 12.0. The molecule has 1 heterocycles. The molecule has 0 atom stereocenters. The quantitative estimate of drug-likeness (QED) is 0.726. The fourth-order valence-electron chi connectivity index (χ4n) is 2.03. The van der Waals surface area contributed by atoms with Gasteiger partial charge in [-0.3, -0.25) is 4.79 Å². The molecule has 0 bridgehead atoms. The molecule has 0 aromatic heterocycles. The van der Waals surface area contributed by atoms with E-state index in [4.69, 9.17) is 9.47 Å². The first-order chi connectivity index (χ1) is 8.79. The third kappa shape index (κ3) is 3.65. The summed E-state index contributed by atoms with van der Waals surface area (Å²) in [6.45, 7) is 3.36. The van der Waals surface area contributed by atoms with Crippen molar-refractivity contribution in [1.82, 2.24) is 0 Å². The van der Waals surface area contributed by atoms with E-state index in [1.807, 2.05) is 24.3 Å². The lowest BCUT2D eigenvalue weighted by molar-refractivity contribution is -0.0407. The first-order valence-corrected chi connectivity index (χ1v) is 6.65. The Morgan fingerprint density at radius 3 is 2.50 bits per heavy atom. The summed E-state index contributed by atoms with van der Waals surface area (Å²) in [6.07, 6.45) is 3.43. The van der Waals surface area contributed by atoms with Crippen LogP contribution in [-0.2, 0) is 15.9 Å². The van der Waals surface area contributed by atoms with Gasteiger partial charge in [-0.05, 0) is 18.4 Å². The molecule has 18 heavy (non-hydrogen) atoms. The number of unbranched alkanes of at least 4 members (excludes halogenated alkanes) is 1. The van der Waals surface area contributed by atoms with Crippen LogP contribution in [0.3, 0.4) is 0 Å². The maximum absolute atomic E-state index is 12.0. The van der Waals surface area contributed by atoms with E-state index in [0.717, 1.165) is 12.0 Å². The minimum Gasteiger partial charge on any atom is -0.350 e. The Kier molecular flexibility index (Phi) is 4.90. The van der Waals surface area contributed by atoms with E-state index in [1.165, 1.54) is 18.4 Å². The molecular weight excluding hydrogens is 228 g/mol. The van der Waals surface area contributed by atoms with Crippen molar-refractivity contribution in [1.29, 1.82) is 0 Å². The molecule has 1 aliphatic heterocycles. The summed E-state index contributed by atoms with van der Waals surface area (Å²) >= 11 is 0. The topological polar surface area (TPSA) is 35.5 Å². The average Bonchev–Trinajstić information content (AvgIpc) is 2.89. The zero-order valence-corrected chi connectivity index (χ0v) is 10.9. The number of benzene rings is 1. The van der Waals surface area contributed by atoms with Gasteiger partial charge in [0, 0.05) is 5.56 Å². The number of ether oxygens (including phenoxy) is 2. The number of carbonyl (C=O) groups is 1. The summed E-state index contributed by atoms with van der Waals surface area (Å²) < 4.78 is 10.6. The van der Waals surface area contributed by atoms with Gasteiger partial charge in [0.1, 0.15) is 0 Å². The Morgan fingerprint density at radius 1 is 1.22 bits per heavy atom. The Hall–Kier alpha value is -1.19. The van der Waals surface area contributed by atoms with Gasteiger partial charge in [-0.1, -0.05) is 37.6 Å². The molecule has 98 valence electrons. The van der Waals surface area contributed by atoms with Gasteiger partial charge in [0.15, 0.2) is 12.1 Å². The van der Waals surface area contributed by atoms with Crippen LogP contribution in [-0.4, -0.2) is 25.3 Å². The molecule has 3 nitrogen and oxygen atoms in total. The number of aryl methyl sites for hydroxylation is 1. The fraction of sp³-hybridized carbons (Fsp3) is 0.533. The highest BCUT2D eigenvalue weighted by molar-refractivity contribution is 5.96.